The first-order valence-electron chi connectivity index (χ1n) is 8.20. The van der Waals surface area contributed by atoms with Gasteiger partial charge in [-0.1, -0.05) is 12.1 Å². The number of amides is 1. The second kappa shape index (κ2) is 7.91. The van der Waals surface area contributed by atoms with Crippen molar-refractivity contribution in [1.82, 2.24) is 4.90 Å². The number of carbonyl (C=O) groups excluding carboxylic acids is 2. The van der Waals surface area contributed by atoms with Crippen molar-refractivity contribution >= 4 is 23.0 Å². The molecule has 0 unspecified atom stereocenters. The van der Waals surface area contributed by atoms with Gasteiger partial charge in [0.1, 0.15) is 0 Å². The molecule has 1 aliphatic rings. The van der Waals surface area contributed by atoms with Gasteiger partial charge in [-0.2, -0.15) is 0 Å². The fraction of sp³-hybridized carbons (Fsp3) is 0.368. The first-order chi connectivity index (χ1) is 12.1. The Morgan fingerprint density at radius 1 is 1.28 bits per heavy atom. The summed E-state index contributed by atoms with van der Waals surface area (Å²) >= 11 is 1.42. The van der Waals surface area contributed by atoms with E-state index in [1.54, 1.807) is 24.9 Å². The fourth-order valence-corrected chi connectivity index (χ4v) is 3.70. The van der Waals surface area contributed by atoms with E-state index in [0.717, 1.165) is 11.1 Å². The molecule has 25 heavy (non-hydrogen) atoms. The molecule has 6 heteroatoms. The van der Waals surface area contributed by atoms with Crippen molar-refractivity contribution in [2.45, 2.75) is 13.0 Å². The zero-order valence-corrected chi connectivity index (χ0v) is 15.2. The van der Waals surface area contributed by atoms with Crippen LogP contribution in [0.3, 0.4) is 0 Å². The van der Waals surface area contributed by atoms with Crippen LogP contribution in [0.4, 0.5) is 0 Å². The predicted molar refractivity (Wildman–Crippen MR) is 97.3 cm³/mol. The Morgan fingerprint density at radius 2 is 2.12 bits per heavy atom. The average molecular weight is 359 g/mol. The number of hydrogen-bond acceptors (Lipinski definition) is 5. The SMILES string of the molecule is CC(=O)c1sccc1-c1cccc(C(=O)N(C)C[C@@H]2COCCO2)c1. The second-order valence-electron chi connectivity index (χ2n) is 6.05. The molecular weight excluding hydrogens is 338 g/mol. The molecule has 1 atom stereocenters. The number of carbonyl (C=O) groups is 2. The highest BCUT2D eigenvalue weighted by Gasteiger charge is 2.21. The standard InChI is InChI=1S/C19H21NO4S/c1-13(21)18-17(6-9-25-18)14-4-3-5-15(10-14)19(22)20(2)11-16-12-23-7-8-24-16/h3-6,9-10,16H,7-8,11-12H2,1-2H3/t16-/m1/s1. The van der Waals surface area contributed by atoms with Crippen LogP contribution in [0, 0.1) is 0 Å². The molecule has 1 aromatic heterocycles. The first kappa shape index (κ1) is 17.8. The number of likely N-dealkylation sites (N-methyl/N-ethyl adjacent to an activating group) is 1. The van der Waals surface area contributed by atoms with Crippen molar-refractivity contribution in [2.24, 2.45) is 0 Å². The van der Waals surface area contributed by atoms with Crippen molar-refractivity contribution in [3.05, 3.63) is 46.2 Å². The Bertz CT molecular complexity index is 764. The molecule has 1 aliphatic heterocycles. The van der Waals surface area contributed by atoms with E-state index in [4.69, 9.17) is 9.47 Å². The minimum absolute atomic E-state index is 0.0355. The summed E-state index contributed by atoms with van der Waals surface area (Å²) in [4.78, 5) is 26.8. The summed E-state index contributed by atoms with van der Waals surface area (Å²) < 4.78 is 11.0. The lowest BCUT2D eigenvalue weighted by Gasteiger charge is -2.27. The van der Waals surface area contributed by atoms with Gasteiger partial charge in [-0.15, -0.1) is 11.3 Å². The molecule has 0 radical (unpaired) electrons. The summed E-state index contributed by atoms with van der Waals surface area (Å²) in [6.45, 7) is 3.72. The molecule has 1 saturated heterocycles. The van der Waals surface area contributed by atoms with Gasteiger partial charge in [-0.05, 0) is 36.1 Å². The Kier molecular flexibility index (Phi) is 5.63. The van der Waals surface area contributed by atoms with Crippen LogP contribution < -0.4 is 0 Å². The highest BCUT2D eigenvalue weighted by molar-refractivity contribution is 7.12. The molecule has 1 amide bonds. The van der Waals surface area contributed by atoms with Gasteiger partial charge < -0.3 is 14.4 Å². The van der Waals surface area contributed by atoms with Crippen LogP contribution in [0.5, 0.6) is 0 Å². The fourth-order valence-electron chi connectivity index (χ4n) is 2.88. The molecule has 1 aromatic carbocycles. The zero-order chi connectivity index (χ0) is 17.8. The molecule has 3 rings (SSSR count). The Labute approximate surface area is 151 Å². The highest BCUT2D eigenvalue weighted by atomic mass is 32.1. The van der Waals surface area contributed by atoms with E-state index in [1.165, 1.54) is 11.3 Å². The van der Waals surface area contributed by atoms with Crippen LogP contribution in [-0.4, -0.2) is 56.1 Å². The van der Waals surface area contributed by atoms with Gasteiger partial charge in [0.15, 0.2) is 5.78 Å². The number of thiophene rings is 1. The van der Waals surface area contributed by atoms with E-state index in [-0.39, 0.29) is 17.8 Å². The number of hydrogen-bond donors (Lipinski definition) is 0. The van der Waals surface area contributed by atoms with Crippen molar-refractivity contribution in [3.63, 3.8) is 0 Å². The average Bonchev–Trinajstić information content (AvgIpc) is 3.12. The van der Waals surface area contributed by atoms with Gasteiger partial charge in [-0.3, -0.25) is 9.59 Å². The molecule has 0 bridgehead atoms. The van der Waals surface area contributed by atoms with Crippen LogP contribution in [0.1, 0.15) is 27.0 Å². The van der Waals surface area contributed by atoms with Gasteiger partial charge in [0.05, 0.1) is 30.8 Å². The van der Waals surface area contributed by atoms with Crippen LogP contribution in [0.2, 0.25) is 0 Å². The van der Waals surface area contributed by atoms with Gasteiger partial charge in [0.2, 0.25) is 0 Å². The van der Waals surface area contributed by atoms with Crippen molar-refractivity contribution in [1.29, 1.82) is 0 Å². The van der Waals surface area contributed by atoms with E-state index < -0.39 is 0 Å². The monoisotopic (exact) mass is 359 g/mol. The molecule has 0 spiro atoms. The van der Waals surface area contributed by atoms with Crippen LogP contribution >= 0.6 is 11.3 Å². The van der Waals surface area contributed by atoms with Gasteiger partial charge >= 0.3 is 0 Å². The third kappa shape index (κ3) is 4.15. The topological polar surface area (TPSA) is 55.8 Å². The summed E-state index contributed by atoms with van der Waals surface area (Å²) in [5.41, 5.74) is 2.35. The molecule has 0 aliphatic carbocycles. The molecule has 2 aromatic rings. The van der Waals surface area contributed by atoms with E-state index in [9.17, 15) is 9.59 Å². The lowest BCUT2D eigenvalue weighted by atomic mass is 10.0. The third-order valence-corrected chi connectivity index (χ3v) is 5.13. The Balaban J connectivity index is 1.77. The Hall–Kier alpha value is -2.02. The number of rotatable bonds is 5. The maximum Gasteiger partial charge on any atom is 0.253 e. The number of Topliss-reactive ketones (excluding diaryl/α,β-unsaturated/α-hetero) is 1. The third-order valence-electron chi connectivity index (χ3n) is 4.11. The quantitative estimate of drug-likeness (QED) is 0.770. The number of nitrogens with zero attached hydrogens (tertiary/aromatic N) is 1. The minimum atomic E-state index is -0.0907. The maximum absolute atomic E-state index is 12.7. The van der Waals surface area contributed by atoms with Crippen molar-refractivity contribution in [2.75, 3.05) is 33.4 Å². The van der Waals surface area contributed by atoms with Crippen LogP contribution in [0.25, 0.3) is 11.1 Å². The number of benzene rings is 1. The molecule has 1 fully saturated rings. The molecule has 132 valence electrons. The summed E-state index contributed by atoms with van der Waals surface area (Å²) in [7, 11) is 1.76. The summed E-state index contributed by atoms with van der Waals surface area (Å²) in [5.74, 6) is -0.0380. The highest BCUT2D eigenvalue weighted by Crippen LogP contribution is 2.29. The first-order valence-corrected chi connectivity index (χ1v) is 9.08. The van der Waals surface area contributed by atoms with E-state index in [2.05, 4.69) is 0 Å². The molecule has 0 N–H and O–H groups in total. The largest absolute Gasteiger partial charge is 0.376 e. The van der Waals surface area contributed by atoms with E-state index in [0.29, 0.717) is 36.8 Å². The molecule has 2 heterocycles. The van der Waals surface area contributed by atoms with Gasteiger partial charge in [0.25, 0.3) is 5.91 Å². The smallest absolute Gasteiger partial charge is 0.253 e. The Morgan fingerprint density at radius 3 is 2.84 bits per heavy atom. The van der Waals surface area contributed by atoms with E-state index in [1.807, 2.05) is 29.6 Å². The molecular formula is C19H21NO4S. The summed E-state index contributed by atoms with van der Waals surface area (Å²) in [6.07, 6.45) is -0.0907. The van der Waals surface area contributed by atoms with Crippen molar-refractivity contribution < 1.29 is 19.1 Å². The van der Waals surface area contributed by atoms with Crippen LogP contribution in [0.15, 0.2) is 35.7 Å². The molecule has 5 nitrogen and oxygen atoms in total. The normalized spacial score (nSPS) is 17.3. The zero-order valence-electron chi connectivity index (χ0n) is 14.4. The maximum atomic E-state index is 12.7. The van der Waals surface area contributed by atoms with Gasteiger partial charge in [-0.25, -0.2) is 0 Å². The molecule has 0 saturated carbocycles. The summed E-state index contributed by atoms with van der Waals surface area (Å²) in [6, 6.07) is 9.31. The van der Waals surface area contributed by atoms with Crippen molar-refractivity contribution in [3.8, 4) is 11.1 Å². The van der Waals surface area contributed by atoms with E-state index >= 15 is 0 Å². The number of ketones is 1. The number of ether oxygens (including phenoxy) is 2. The second-order valence-corrected chi connectivity index (χ2v) is 6.97. The van der Waals surface area contributed by atoms with Gasteiger partial charge in [0, 0.05) is 24.7 Å². The predicted octanol–water partition coefficient (Wildman–Crippen LogP) is 3.11. The minimum Gasteiger partial charge on any atom is -0.376 e. The lowest BCUT2D eigenvalue weighted by molar-refractivity contribution is -0.0933. The summed E-state index contributed by atoms with van der Waals surface area (Å²) in [5, 5.41) is 1.90. The van der Waals surface area contributed by atoms with Crippen LogP contribution in [-0.2, 0) is 9.47 Å². The lowest BCUT2D eigenvalue weighted by Crippen LogP contribution is -2.40.